The Kier molecular flexibility index (Phi) is 4.66. The van der Waals surface area contributed by atoms with E-state index in [1.165, 1.54) is 10.6 Å². The number of nitrogens with zero attached hydrogens (tertiary/aromatic N) is 3. The number of sulfonamides is 1. The van der Waals surface area contributed by atoms with Gasteiger partial charge in [-0.1, -0.05) is 18.0 Å². The maximum absolute atomic E-state index is 12.4. The van der Waals surface area contributed by atoms with E-state index in [1.54, 1.807) is 6.92 Å². The number of fused-ring (bicyclic) bond motifs is 1. The standard InChI is InChI=1S/C17H27N5O4S/c1-11-18-15(26-21-11)17-8-14(20-16(23)19-13-5-3-4-6-13)7-12(17)9-22(10-17)27(2,24)25/h12-14H,3-10H2,1-2H3,(H2,19,20,23)/t12?,14-,17+/m1/s1. The van der Waals surface area contributed by atoms with E-state index in [4.69, 9.17) is 4.52 Å². The fourth-order valence-corrected chi connectivity index (χ4v) is 5.92. The first-order valence-corrected chi connectivity index (χ1v) is 11.4. The Morgan fingerprint density at radius 3 is 2.59 bits per heavy atom. The number of hydrogen-bond donors (Lipinski definition) is 2. The molecule has 3 atom stereocenters. The van der Waals surface area contributed by atoms with Crippen molar-refractivity contribution in [2.45, 2.75) is 62.9 Å². The van der Waals surface area contributed by atoms with Crippen LogP contribution in [0.15, 0.2) is 4.52 Å². The normalized spacial score (nSPS) is 31.9. The van der Waals surface area contributed by atoms with E-state index in [0.29, 0.717) is 37.6 Å². The summed E-state index contributed by atoms with van der Waals surface area (Å²) in [5.74, 6) is 1.06. The molecule has 3 aliphatic rings. The zero-order valence-corrected chi connectivity index (χ0v) is 16.6. The maximum Gasteiger partial charge on any atom is 0.315 e. The molecule has 3 fully saturated rings. The summed E-state index contributed by atoms with van der Waals surface area (Å²) in [5.41, 5.74) is -0.532. The zero-order chi connectivity index (χ0) is 19.2. The zero-order valence-electron chi connectivity index (χ0n) is 15.8. The number of carbonyl (C=O) groups excluding carboxylic acids is 1. The molecule has 2 aliphatic carbocycles. The molecule has 2 amide bonds. The van der Waals surface area contributed by atoms with E-state index in [1.807, 2.05) is 0 Å². The van der Waals surface area contributed by atoms with Crippen molar-refractivity contribution in [3.63, 3.8) is 0 Å². The average molecular weight is 398 g/mol. The highest BCUT2D eigenvalue weighted by molar-refractivity contribution is 7.88. The van der Waals surface area contributed by atoms with Crippen molar-refractivity contribution in [1.29, 1.82) is 0 Å². The Balaban J connectivity index is 1.49. The molecule has 2 N–H and O–H groups in total. The Bertz CT molecular complexity index is 819. The fraction of sp³-hybridized carbons (Fsp3) is 0.824. The van der Waals surface area contributed by atoms with Crippen LogP contribution in [0.2, 0.25) is 0 Å². The molecule has 1 aromatic rings. The Hall–Kier alpha value is -1.68. The number of nitrogens with one attached hydrogen (secondary N) is 2. The molecule has 0 spiro atoms. The van der Waals surface area contributed by atoms with Crippen molar-refractivity contribution in [2.75, 3.05) is 19.3 Å². The lowest BCUT2D eigenvalue weighted by molar-refractivity contribution is 0.230. The maximum atomic E-state index is 12.4. The summed E-state index contributed by atoms with van der Waals surface area (Å²) in [6.45, 7) is 2.49. The first-order chi connectivity index (χ1) is 12.8. The van der Waals surface area contributed by atoms with E-state index in [-0.39, 0.29) is 24.0 Å². The molecular weight excluding hydrogens is 370 g/mol. The van der Waals surface area contributed by atoms with Crippen LogP contribution in [0.1, 0.15) is 50.2 Å². The van der Waals surface area contributed by atoms with Gasteiger partial charge in [-0.3, -0.25) is 0 Å². The first kappa shape index (κ1) is 18.7. The van der Waals surface area contributed by atoms with Crippen LogP contribution in [-0.4, -0.2) is 60.3 Å². The molecule has 27 heavy (non-hydrogen) atoms. The first-order valence-electron chi connectivity index (χ1n) is 9.59. The van der Waals surface area contributed by atoms with Crippen molar-refractivity contribution in [3.05, 3.63) is 11.7 Å². The largest absolute Gasteiger partial charge is 0.339 e. The molecule has 4 rings (SSSR count). The number of urea groups is 1. The van der Waals surface area contributed by atoms with Crippen LogP contribution in [0.25, 0.3) is 0 Å². The van der Waals surface area contributed by atoms with Gasteiger partial charge in [0, 0.05) is 25.2 Å². The van der Waals surface area contributed by atoms with E-state index >= 15 is 0 Å². The van der Waals surface area contributed by atoms with Gasteiger partial charge in [0.05, 0.1) is 11.7 Å². The van der Waals surface area contributed by atoms with Gasteiger partial charge in [-0.25, -0.2) is 17.5 Å². The van der Waals surface area contributed by atoms with Crippen molar-refractivity contribution in [3.8, 4) is 0 Å². The van der Waals surface area contributed by atoms with Crippen LogP contribution >= 0.6 is 0 Å². The third kappa shape index (κ3) is 3.56. The van der Waals surface area contributed by atoms with Crippen molar-refractivity contribution in [2.24, 2.45) is 5.92 Å². The van der Waals surface area contributed by atoms with Crippen LogP contribution in [0, 0.1) is 12.8 Å². The molecule has 10 heteroatoms. The van der Waals surface area contributed by atoms with Crippen molar-refractivity contribution in [1.82, 2.24) is 25.1 Å². The van der Waals surface area contributed by atoms with Gasteiger partial charge >= 0.3 is 6.03 Å². The highest BCUT2D eigenvalue weighted by Crippen LogP contribution is 2.50. The minimum atomic E-state index is -3.30. The molecule has 1 aliphatic heterocycles. The van der Waals surface area contributed by atoms with Crippen molar-refractivity contribution >= 4 is 16.1 Å². The van der Waals surface area contributed by atoms with E-state index in [9.17, 15) is 13.2 Å². The predicted molar refractivity (Wildman–Crippen MR) is 97.6 cm³/mol. The van der Waals surface area contributed by atoms with Crippen molar-refractivity contribution < 1.29 is 17.7 Å². The van der Waals surface area contributed by atoms with Crippen LogP contribution in [0.3, 0.4) is 0 Å². The summed E-state index contributed by atoms with van der Waals surface area (Å²) in [4.78, 5) is 16.8. The van der Waals surface area contributed by atoms with Crippen LogP contribution < -0.4 is 10.6 Å². The van der Waals surface area contributed by atoms with E-state index in [0.717, 1.165) is 25.7 Å². The molecule has 2 heterocycles. The predicted octanol–water partition coefficient (Wildman–Crippen LogP) is 0.911. The highest BCUT2D eigenvalue weighted by atomic mass is 32.2. The number of aromatic nitrogens is 2. The molecule has 9 nitrogen and oxygen atoms in total. The molecule has 0 aromatic carbocycles. The van der Waals surface area contributed by atoms with Crippen LogP contribution in [0.5, 0.6) is 0 Å². The second-order valence-corrected chi connectivity index (χ2v) is 10.3. The SMILES string of the molecule is Cc1noc([C@]23C[C@H](NC(=O)NC4CCCC4)CC2CN(S(C)(=O)=O)C3)n1. The van der Waals surface area contributed by atoms with Gasteiger partial charge in [-0.2, -0.15) is 4.98 Å². The Morgan fingerprint density at radius 2 is 1.96 bits per heavy atom. The van der Waals surface area contributed by atoms with Gasteiger partial charge in [0.2, 0.25) is 15.9 Å². The lowest BCUT2D eigenvalue weighted by atomic mass is 9.80. The van der Waals surface area contributed by atoms with Gasteiger partial charge in [-0.15, -0.1) is 0 Å². The average Bonchev–Trinajstić information content (AvgIpc) is 3.29. The molecule has 2 saturated carbocycles. The summed E-state index contributed by atoms with van der Waals surface area (Å²) in [7, 11) is -3.30. The molecule has 1 saturated heterocycles. The van der Waals surface area contributed by atoms with Gasteiger partial charge < -0.3 is 15.2 Å². The van der Waals surface area contributed by atoms with E-state index < -0.39 is 15.4 Å². The van der Waals surface area contributed by atoms with Crippen LogP contribution in [0.4, 0.5) is 4.79 Å². The number of hydrogen-bond acceptors (Lipinski definition) is 6. The third-order valence-corrected chi connectivity index (χ3v) is 7.51. The lowest BCUT2D eigenvalue weighted by Gasteiger charge is -2.25. The van der Waals surface area contributed by atoms with Gasteiger partial charge in [-0.05, 0) is 38.5 Å². The summed E-state index contributed by atoms with van der Waals surface area (Å²) in [6, 6.07) is 0.0909. The summed E-state index contributed by atoms with van der Waals surface area (Å²) < 4.78 is 31.1. The number of carbonyl (C=O) groups is 1. The molecule has 150 valence electrons. The molecule has 1 unspecified atom stereocenters. The number of rotatable bonds is 4. The number of aryl methyl sites for hydroxylation is 1. The smallest absolute Gasteiger partial charge is 0.315 e. The summed E-state index contributed by atoms with van der Waals surface area (Å²) in [5, 5.41) is 10.0. The van der Waals surface area contributed by atoms with Gasteiger partial charge in [0.25, 0.3) is 0 Å². The minimum absolute atomic E-state index is 0.0367. The second-order valence-electron chi connectivity index (χ2n) is 8.29. The van der Waals surface area contributed by atoms with E-state index in [2.05, 4.69) is 20.8 Å². The van der Waals surface area contributed by atoms with Gasteiger partial charge in [0.1, 0.15) is 0 Å². The lowest BCUT2D eigenvalue weighted by Crippen LogP contribution is -2.46. The number of amides is 2. The minimum Gasteiger partial charge on any atom is -0.339 e. The summed E-state index contributed by atoms with van der Waals surface area (Å²) in [6.07, 6.45) is 6.93. The monoisotopic (exact) mass is 397 g/mol. The molecular formula is C17H27N5O4S. The molecule has 0 radical (unpaired) electrons. The third-order valence-electron chi connectivity index (χ3n) is 6.29. The fourth-order valence-electron chi connectivity index (χ4n) is 5.00. The van der Waals surface area contributed by atoms with Gasteiger partial charge in [0.15, 0.2) is 5.82 Å². The summed E-state index contributed by atoms with van der Waals surface area (Å²) >= 11 is 0. The molecule has 1 aromatic heterocycles. The topological polar surface area (TPSA) is 117 Å². The quantitative estimate of drug-likeness (QED) is 0.780. The highest BCUT2D eigenvalue weighted by Gasteiger charge is 2.59. The Morgan fingerprint density at radius 1 is 1.26 bits per heavy atom. The second kappa shape index (κ2) is 6.73. The molecule has 0 bridgehead atoms. The van der Waals surface area contributed by atoms with Crippen LogP contribution in [-0.2, 0) is 15.4 Å². The Labute approximate surface area is 159 Å².